The van der Waals surface area contributed by atoms with E-state index in [9.17, 15) is 8.78 Å². The average Bonchev–Trinajstić information content (AvgIpc) is 3.14. The molecule has 0 aromatic heterocycles. The fourth-order valence-corrected chi connectivity index (χ4v) is 4.39. The van der Waals surface area contributed by atoms with Gasteiger partial charge in [-0.15, -0.1) is 0 Å². The molecular weight excluding hydrogens is 332 g/mol. The highest BCUT2D eigenvalue weighted by molar-refractivity contribution is 5.24. The van der Waals surface area contributed by atoms with Crippen LogP contribution < -0.4 is 10.9 Å². The molecule has 3 atom stereocenters. The van der Waals surface area contributed by atoms with Crippen LogP contribution in [-0.4, -0.2) is 30.6 Å². The third-order valence-corrected chi connectivity index (χ3v) is 5.72. The fourth-order valence-electron chi connectivity index (χ4n) is 4.39. The minimum atomic E-state index is -0.196. The molecule has 0 amide bonds. The molecule has 5 heteroatoms. The summed E-state index contributed by atoms with van der Waals surface area (Å²) in [6.07, 6.45) is 2.28. The predicted octanol–water partition coefficient (Wildman–Crippen LogP) is 3.44. The van der Waals surface area contributed by atoms with Crippen molar-refractivity contribution in [2.45, 2.75) is 31.3 Å². The molecule has 2 fully saturated rings. The second-order valence-electron chi connectivity index (χ2n) is 7.44. The molecule has 26 heavy (non-hydrogen) atoms. The SMILES string of the molecule is Fc1ccc(C2CNNC2C2CCCN(Cc3ccccc3F)C2)cc1. The first-order chi connectivity index (χ1) is 12.7. The molecule has 4 rings (SSSR count). The summed E-state index contributed by atoms with van der Waals surface area (Å²) < 4.78 is 27.2. The number of likely N-dealkylation sites (tertiary alicyclic amines) is 1. The monoisotopic (exact) mass is 357 g/mol. The number of rotatable bonds is 4. The summed E-state index contributed by atoms with van der Waals surface area (Å²) in [5, 5.41) is 0. The summed E-state index contributed by atoms with van der Waals surface area (Å²) in [6.45, 7) is 3.46. The molecule has 0 aliphatic carbocycles. The molecule has 0 bridgehead atoms. The highest BCUT2D eigenvalue weighted by atomic mass is 19.1. The van der Waals surface area contributed by atoms with Crippen molar-refractivity contribution in [2.75, 3.05) is 19.6 Å². The topological polar surface area (TPSA) is 27.3 Å². The lowest BCUT2D eigenvalue weighted by Crippen LogP contribution is -2.46. The Kier molecular flexibility index (Phi) is 5.29. The predicted molar refractivity (Wildman–Crippen MR) is 98.5 cm³/mol. The summed E-state index contributed by atoms with van der Waals surface area (Å²) in [4.78, 5) is 2.36. The van der Waals surface area contributed by atoms with Crippen LogP contribution in [0.2, 0.25) is 0 Å². The van der Waals surface area contributed by atoms with Gasteiger partial charge in [0.1, 0.15) is 11.6 Å². The summed E-state index contributed by atoms with van der Waals surface area (Å²) in [7, 11) is 0. The van der Waals surface area contributed by atoms with Crippen LogP contribution in [0, 0.1) is 17.6 Å². The maximum atomic E-state index is 14.0. The molecule has 2 saturated heterocycles. The smallest absolute Gasteiger partial charge is 0.127 e. The van der Waals surface area contributed by atoms with E-state index in [1.807, 2.05) is 24.3 Å². The second-order valence-corrected chi connectivity index (χ2v) is 7.44. The van der Waals surface area contributed by atoms with E-state index in [4.69, 9.17) is 0 Å². The number of halogens is 2. The lowest BCUT2D eigenvalue weighted by atomic mass is 9.81. The van der Waals surface area contributed by atoms with Gasteiger partial charge in [0.05, 0.1) is 0 Å². The first kappa shape index (κ1) is 17.6. The van der Waals surface area contributed by atoms with Crippen LogP contribution in [0.3, 0.4) is 0 Å². The normalized spacial score (nSPS) is 26.9. The molecule has 2 N–H and O–H groups in total. The Hall–Kier alpha value is -1.82. The fraction of sp³-hybridized carbons (Fsp3) is 0.429. The first-order valence-electron chi connectivity index (χ1n) is 9.40. The zero-order valence-electron chi connectivity index (χ0n) is 14.8. The number of hydrazine groups is 1. The zero-order chi connectivity index (χ0) is 17.9. The molecule has 0 spiro atoms. The van der Waals surface area contributed by atoms with Gasteiger partial charge in [-0.1, -0.05) is 30.3 Å². The highest BCUT2D eigenvalue weighted by Crippen LogP contribution is 2.32. The molecule has 2 heterocycles. The van der Waals surface area contributed by atoms with Gasteiger partial charge in [-0.3, -0.25) is 15.8 Å². The van der Waals surface area contributed by atoms with Crippen molar-refractivity contribution in [1.29, 1.82) is 0 Å². The van der Waals surface area contributed by atoms with Crippen LogP contribution in [0.15, 0.2) is 48.5 Å². The van der Waals surface area contributed by atoms with Crippen LogP contribution >= 0.6 is 0 Å². The number of hydrogen-bond donors (Lipinski definition) is 2. The molecule has 2 aromatic carbocycles. The van der Waals surface area contributed by atoms with E-state index >= 15 is 0 Å². The minimum absolute atomic E-state index is 0.125. The number of benzene rings is 2. The molecule has 3 nitrogen and oxygen atoms in total. The molecule has 0 radical (unpaired) electrons. The van der Waals surface area contributed by atoms with E-state index in [0.29, 0.717) is 24.4 Å². The molecular formula is C21H25F2N3. The number of hydrogen-bond acceptors (Lipinski definition) is 3. The van der Waals surface area contributed by atoms with E-state index < -0.39 is 0 Å². The van der Waals surface area contributed by atoms with Gasteiger partial charge in [0.25, 0.3) is 0 Å². The Morgan fingerprint density at radius 2 is 1.85 bits per heavy atom. The number of nitrogens with one attached hydrogen (secondary N) is 2. The molecule has 2 aliphatic heterocycles. The van der Waals surface area contributed by atoms with Gasteiger partial charge in [0.15, 0.2) is 0 Å². The lowest BCUT2D eigenvalue weighted by molar-refractivity contribution is 0.138. The molecule has 3 unspecified atom stereocenters. The Balaban J connectivity index is 1.45. The van der Waals surface area contributed by atoms with Gasteiger partial charge in [-0.05, 0) is 49.1 Å². The van der Waals surface area contributed by atoms with Gasteiger partial charge in [-0.25, -0.2) is 8.78 Å². The average molecular weight is 357 g/mol. The summed E-state index contributed by atoms with van der Waals surface area (Å²) in [6, 6.07) is 14.2. The third-order valence-electron chi connectivity index (χ3n) is 5.72. The quantitative estimate of drug-likeness (QED) is 0.878. The Labute approximate surface area is 153 Å². The van der Waals surface area contributed by atoms with E-state index in [1.165, 1.54) is 23.8 Å². The van der Waals surface area contributed by atoms with Gasteiger partial charge in [0.2, 0.25) is 0 Å². The van der Waals surface area contributed by atoms with Crippen LogP contribution in [0.25, 0.3) is 0 Å². The van der Waals surface area contributed by atoms with Crippen LogP contribution in [0.4, 0.5) is 8.78 Å². The molecule has 0 saturated carbocycles. The summed E-state index contributed by atoms with van der Waals surface area (Å²) >= 11 is 0. The Morgan fingerprint density at radius 1 is 1.04 bits per heavy atom. The largest absolute Gasteiger partial charge is 0.299 e. The molecule has 2 aliphatic rings. The Morgan fingerprint density at radius 3 is 2.65 bits per heavy atom. The van der Waals surface area contributed by atoms with Crippen LogP contribution in [0.5, 0.6) is 0 Å². The van der Waals surface area contributed by atoms with Gasteiger partial charge in [-0.2, -0.15) is 0 Å². The Bertz CT molecular complexity index is 734. The zero-order valence-corrected chi connectivity index (χ0v) is 14.8. The van der Waals surface area contributed by atoms with Gasteiger partial charge >= 0.3 is 0 Å². The standard InChI is InChI=1S/C21H25F2N3/c22-18-9-7-15(8-10-18)19-12-24-25-21(19)17-5-3-11-26(14-17)13-16-4-1-2-6-20(16)23/h1-2,4,6-10,17,19,21,24-25H,3,5,11-14H2. The lowest BCUT2D eigenvalue weighted by Gasteiger charge is -2.37. The third kappa shape index (κ3) is 3.80. The van der Waals surface area contributed by atoms with Crippen molar-refractivity contribution in [2.24, 2.45) is 5.92 Å². The first-order valence-corrected chi connectivity index (χ1v) is 9.40. The second kappa shape index (κ2) is 7.82. The van der Waals surface area contributed by atoms with Crippen molar-refractivity contribution in [3.8, 4) is 0 Å². The summed E-state index contributed by atoms with van der Waals surface area (Å²) in [5.74, 6) is 0.493. The van der Waals surface area contributed by atoms with Crippen molar-refractivity contribution >= 4 is 0 Å². The van der Waals surface area contributed by atoms with Crippen molar-refractivity contribution in [1.82, 2.24) is 15.8 Å². The maximum absolute atomic E-state index is 14.0. The maximum Gasteiger partial charge on any atom is 0.127 e. The van der Waals surface area contributed by atoms with Gasteiger partial charge < -0.3 is 0 Å². The van der Waals surface area contributed by atoms with E-state index in [1.54, 1.807) is 6.07 Å². The van der Waals surface area contributed by atoms with Crippen LogP contribution in [0.1, 0.15) is 29.9 Å². The molecule has 2 aromatic rings. The van der Waals surface area contributed by atoms with Crippen molar-refractivity contribution in [3.63, 3.8) is 0 Å². The van der Waals surface area contributed by atoms with Crippen molar-refractivity contribution < 1.29 is 8.78 Å². The minimum Gasteiger partial charge on any atom is -0.299 e. The van der Waals surface area contributed by atoms with Gasteiger partial charge in [0, 0.05) is 37.2 Å². The summed E-state index contributed by atoms with van der Waals surface area (Å²) in [5.41, 5.74) is 8.66. The number of nitrogens with zero attached hydrogens (tertiary/aromatic N) is 1. The van der Waals surface area contributed by atoms with E-state index in [0.717, 1.165) is 38.0 Å². The van der Waals surface area contributed by atoms with Crippen molar-refractivity contribution in [3.05, 3.63) is 71.3 Å². The number of piperidine rings is 1. The highest BCUT2D eigenvalue weighted by Gasteiger charge is 2.36. The van der Waals surface area contributed by atoms with E-state index in [-0.39, 0.29) is 11.6 Å². The van der Waals surface area contributed by atoms with Crippen LogP contribution in [-0.2, 0) is 6.54 Å². The molecule has 138 valence electrons. The van der Waals surface area contributed by atoms with E-state index in [2.05, 4.69) is 15.8 Å².